The maximum Gasteiger partial charge on any atom is 0.311 e. The lowest BCUT2D eigenvalue weighted by molar-refractivity contribution is -0.142. The monoisotopic (exact) mass is 359 g/mol. The minimum atomic E-state index is -0.984. The molecule has 2 unspecified atom stereocenters. The number of rotatable bonds is 4. The van der Waals surface area contributed by atoms with E-state index in [2.05, 4.69) is 15.9 Å². The first-order valence-electron chi connectivity index (χ1n) is 6.52. The van der Waals surface area contributed by atoms with Crippen molar-refractivity contribution in [1.82, 2.24) is 4.90 Å². The number of halogens is 2. The number of hydrogen-bond donors (Lipinski definition) is 1. The van der Waals surface area contributed by atoms with Crippen LogP contribution >= 0.6 is 15.9 Å². The Morgan fingerprint density at radius 3 is 2.76 bits per heavy atom. The molecular formula is C14H15BrFNO4. The number of carboxylic acid groups (broad SMARTS) is 1. The molecule has 2 atom stereocenters. The number of carbonyl (C=O) groups excluding carboxylic acids is 1. The van der Waals surface area contributed by atoms with Crippen molar-refractivity contribution >= 4 is 27.8 Å². The maximum atomic E-state index is 13.1. The van der Waals surface area contributed by atoms with Gasteiger partial charge < -0.3 is 14.7 Å². The molecule has 0 aromatic heterocycles. The minimum Gasteiger partial charge on any atom is -0.481 e. The molecule has 1 aromatic rings. The molecule has 0 spiro atoms. The SMILES string of the molecule is CCN(C(=O)c1ccc(F)cc1Br)C1COCC1C(=O)O. The predicted octanol–water partition coefficient (Wildman–Crippen LogP) is 2.15. The highest BCUT2D eigenvalue weighted by Gasteiger charge is 2.39. The number of aliphatic carboxylic acids is 1. The third-order valence-corrected chi connectivity index (χ3v) is 4.19. The van der Waals surface area contributed by atoms with Crippen LogP contribution < -0.4 is 0 Å². The van der Waals surface area contributed by atoms with E-state index in [-0.39, 0.29) is 19.1 Å². The van der Waals surface area contributed by atoms with Gasteiger partial charge in [0, 0.05) is 11.0 Å². The van der Waals surface area contributed by atoms with Gasteiger partial charge in [-0.3, -0.25) is 9.59 Å². The lowest BCUT2D eigenvalue weighted by Crippen LogP contribution is -2.46. The first-order valence-corrected chi connectivity index (χ1v) is 7.31. The molecule has 1 heterocycles. The Morgan fingerprint density at radius 1 is 1.48 bits per heavy atom. The lowest BCUT2D eigenvalue weighted by atomic mass is 10.0. The van der Waals surface area contributed by atoms with Crippen LogP contribution in [0, 0.1) is 11.7 Å². The van der Waals surface area contributed by atoms with Gasteiger partial charge in [0.2, 0.25) is 0 Å². The molecule has 0 saturated carbocycles. The molecule has 1 N–H and O–H groups in total. The van der Waals surface area contributed by atoms with Gasteiger partial charge in [-0.05, 0) is 41.1 Å². The number of benzene rings is 1. The van der Waals surface area contributed by atoms with Crippen LogP contribution in [-0.2, 0) is 9.53 Å². The smallest absolute Gasteiger partial charge is 0.311 e. The highest BCUT2D eigenvalue weighted by Crippen LogP contribution is 2.25. The van der Waals surface area contributed by atoms with Crippen LogP contribution in [-0.4, -0.2) is 47.7 Å². The lowest BCUT2D eigenvalue weighted by Gasteiger charge is -2.29. The van der Waals surface area contributed by atoms with Crippen molar-refractivity contribution in [3.05, 3.63) is 34.1 Å². The standard InChI is InChI=1S/C14H15BrFNO4/c1-2-17(12-7-21-6-10(12)14(19)20)13(18)9-4-3-8(16)5-11(9)15/h3-5,10,12H,2,6-7H2,1H3,(H,19,20). The Morgan fingerprint density at radius 2 is 2.19 bits per heavy atom. The van der Waals surface area contributed by atoms with Gasteiger partial charge in [-0.2, -0.15) is 0 Å². The van der Waals surface area contributed by atoms with E-state index < -0.39 is 23.7 Å². The summed E-state index contributed by atoms with van der Waals surface area (Å²) in [6.07, 6.45) is 0. The molecule has 1 aromatic carbocycles. The number of hydrogen-bond acceptors (Lipinski definition) is 3. The highest BCUT2D eigenvalue weighted by molar-refractivity contribution is 9.10. The molecule has 0 aliphatic carbocycles. The van der Waals surface area contributed by atoms with Gasteiger partial charge in [-0.1, -0.05) is 0 Å². The summed E-state index contributed by atoms with van der Waals surface area (Å²) in [7, 11) is 0. The van der Waals surface area contributed by atoms with Crippen LogP contribution in [0.15, 0.2) is 22.7 Å². The molecular weight excluding hydrogens is 345 g/mol. The van der Waals surface area contributed by atoms with Crippen LogP contribution in [0.5, 0.6) is 0 Å². The topological polar surface area (TPSA) is 66.8 Å². The Bertz CT molecular complexity index is 566. The number of ether oxygens (including phenoxy) is 1. The Hall–Kier alpha value is -1.47. The van der Waals surface area contributed by atoms with E-state index in [0.717, 1.165) is 0 Å². The van der Waals surface area contributed by atoms with Gasteiger partial charge >= 0.3 is 5.97 Å². The van der Waals surface area contributed by atoms with Gasteiger partial charge in [-0.15, -0.1) is 0 Å². The van der Waals surface area contributed by atoms with Crippen LogP contribution in [0.4, 0.5) is 4.39 Å². The zero-order chi connectivity index (χ0) is 15.6. The molecule has 1 aliphatic rings. The van der Waals surface area contributed by atoms with E-state index >= 15 is 0 Å². The number of nitrogens with zero attached hydrogens (tertiary/aromatic N) is 1. The number of carboxylic acids is 1. The average molecular weight is 360 g/mol. The van der Waals surface area contributed by atoms with Crippen LogP contribution in [0.2, 0.25) is 0 Å². The third kappa shape index (κ3) is 3.24. The number of likely N-dealkylation sites (N-methyl/N-ethyl adjacent to an activating group) is 1. The zero-order valence-electron chi connectivity index (χ0n) is 11.4. The molecule has 7 heteroatoms. The molecule has 21 heavy (non-hydrogen) atoms. The fourth-order valence-electron chi connectivity index (χ4n) is 2.43. The third-order valence-electron chi connectivity index (χ3n) is 3.53. The van der Waals surface area contributed by atoms with E-state index in [1.807, 2.05) is 0 Å². The molecule has 5 nitrogen and oxygen atoms in total. The largest absolute Gasteiger partial charge is 0.481 e. The predicted molar refractivity (Wildman–Crippen MR) is 76.5 cm³/mol. The summed E-state index contributed by atoms with van der Waals surface area (Å²) < 4.78 is 18.7. The van der Waals surface area contributed by atoms with Crippen molar-refractivity contribution in [2.45, 2.75) is 13.0 Å². The number of carbonyl (C=O) groups is 2. The summed E-state index contributed by atoms with van der Waals surface area (Å²) in [5.41, 5.74) is 0.300. The van der Waals surface area contributed by atoms with Gasteiger partial charge in [0.15, 0.2) is 0 Å². The summed E-state index contributed by atoms with van der Waals surface area (Å²) in [5, 5.41) is 9.19. The zero-order valence-corrected chi connectivity index (χ0v) is 13.0. The Kier molecular flexibility index (Phi) is 4.95. The molecule has 1 saturated heterocycles. The van der Waals surface area contributed by atoms with Crippen molar-refractivity contribution in [3.63, 3.8) is 0 Å². The van der Waals surface area contributed by atoms with Crippen molar-refractivity contribution in [2.24, 2.45) is 5.92 Å². The molecule has 114 valence electrons. The molecule has 0 bridgehead atoms. The van der Waals surface area contributed by atoms with Gasteiger partial charge in [0.25, 0.3) is 5.91 Å². The van der Waals surface area contributed by atoms with Crippen molar-refractivity contribution in [2.75, 3.05) is 19.8 Å². The highest BCUT2D eigenvalue weighted by atomic mass is 79.9. The van der Waals surface area contributed by atoms with E-state index in [0.29, 0.717) is 16.6 Å². The molecule has 0 radical (unpaired) electrons. The van der Waals surface area contributed by atoms with E-state index in [4.69, 9.17) is 4.74 Å². The van der Waals surface area contributed by atoms with Crippen molar-refractivity contribution in [3.8, 4) is 0 Å². The normalized spacial score (nSPS) is 21.3. The van der Waals surface area contributed by atoms with Crippen molar-refractivity contribution in [1.29, 1.82) is 0 Å². The van der Waals surface area contributed by atoms with E-state index in [1.54, 1.807) is 6.92 Å². The summed E-state index contributed by atoms with van der Waals surface area (Å²) >= 11 is 3.16. The first kappa shape index (κ1) is 15.9. The second kappa shape index (κ2) is 6.53. The van der Waals surface area contributed by atoms with E-state index in [9.17, 15) is 19.1 Å². The van der Waals surface area contributed by atoms with Crippen molar-refractivity contribution < 1.29 is 23.8 Å². The average Bonchev–Trinajstić information content (AvgIpc) is 2.88. The van der Waals surface area contributed by atoms with Gasteiger partial charge in [-0.25, -0.2) is 4.39 Å². The fourth-order valence-corrected chi connectivity index (χ4v) is 2.95. The maximum absolute atomic E-state index is 13.1. The minimum absolute atomic E-state index is 0.0916. The molecule has 2 rings (SSSR count). The quantitative estimate of drug-likeness (QED) is 0.894. The number of amides is 1. The summed E-state index contributed by atoms with van der Waals surface area (Å²) in [4.78, 5) is 25.3. The van der Waals surface area contributed by atoms with Gasteiger partial charge in [0.1, 0.15) is 11.7 Å². The van der Waals surface area contributed by atoms with Gasteiger partial charge in [0.05, 0.1) is 24.8 Å². The molecule has 1 amide bonds. The fraction of sp³-hybridized carbons (Fsp3) is 0.429. The second-order valence-electron chi connectivity index (χ2n) is 4.76. The van der Waals surface area contributed by atoms with E-state index in [1.165, 1.54) is 23.1 Å². The molecule has 1 aliphatic heterocycles. The summed E-state index contributed by atoms with van der Waals surface area (Å²) in [5.74, 6) is -2.52. The Labute approximate surface area is 129 Å². The van der Waals surface area contributed by atoms with Crippen LogP contribution in [0.25, 0.3) is 0 Å². The summed E-state index contributed by atoms with van der Waals surface area (Å²) in [6, 6.07) is 3.28. The Balaban J connectivity index is 2.28. The summed E-state index contributed by atoms with van der Waals surface area (Å²) in [6.45, 7) is 2.40. The van der Waals surface area contributed by atoms with Crippen LogP contribution in [0.3, 0.4) is 0 Å². The first-order chi connectivity index (χ1) is 9.95. The second-order valence-corrected chi connectivity index (χ2v) is 5.62. The molecule has 1 fully saturated rings. The van der Waals surface area contributed by atoms with Crippen LogP contribution in [0.1, 0.15) is 17.3 Å².